The number of ether oxygens (including phenoxy) is 1. The minimum atomic E-state index is -0.668. The highest BCUT2D eigenvalue weighted by Gasteiger charge is 2.39. The van der Waals surface area contributed by atoms with Crippen LogP contribution in [0, 0.1) is 0 Å². The minimum absolute atomic E-state index is 0.0652. The first-order chi connectivity index (χ1) is 18.5. The summed E-state index contributed by atoms with van der Waals surface area (Å²) in [5, 5.41) is 8.21. The van der Waals surface area contributed by atoms with Crippen molar-refractivity contribution in [1.82, 2.24) is 20.5 Å². The van der Waals surface area contributed by atoms with Crippen molar-refractivity contribution in [1.29, 1.82) is 0 Å². The molecule has 0 bridgehead atoms. The highest BCUT2D eigenvalue weighted by molar-refractivity contribution is 6.30. The number of hydrogen-bond acceptors (Lipinski definition) is 6. The average Bonchev–Trinajstić information content (AvgIpc) is 2.91. The van der Waals surface area contributed by atoms with E-state index in [1.165, 1.54) is 10.7 Å². The number of nitrogens with one attached hydrogen (secondary N) is 2. The van der Waals surface area contributed by atoms with Gasteiger partial charge in [0, 0.05) is 22.5 Å². The van der Waals surface area contributed by atoms with Crippen molar-refractivity contribution in [3.63, 3.8) is 0 Å². The number of alkyl carbamates (subject to hydrolysis) is 1. The highest BCUT2D eigenvalue weighted by atomic mass is 35.5. The molecular formula is C29H34ClN5O4. The summed E-state index contributed by atoms with van der Waals surface area (Å²) in [7, 11) is 0. The molecule has 1 aliphatic carbocycles. The standard InChI is InChI=1S/C29H34ClN5O4/c1-28(2,3)39-27(38)32-18-29(20-10-7-11-21(30)16-20)14-12-22(13-15-29)35-26(37)23(25(36)33-31)17-24(34-35)19-8-5-4-6-9-19/h4-11,16-17,22H,12-15,18,31H2,1-3H3,(H,32,38)(H,33,36)/t22-,29-. The molecule has 0 saturated heterocycles. The van der Waals surface area contributed by atoms with Gasteiger partial charge in [-0.25, -0.2) is 15.3 Å². The molecule has 10 heteroatoms. The Kier molecular flexibility index (Phi) is 8.42. The first-order valence-electron chi connectivity index (χ1n) is 12.9. The second kappa shape index (κ2) is 11.6. The zero-order chi connectivity index (χ0) is 28.2. The summed E-state index contributed by atoms with van der Waals surface area (Å²) in [4.78, 5) is 38.4. The van der Waals surface area contributed by atoms with Gasteiger partial charge in [0.2, 0.25) is 0 Å². The van der Waals surface area contributed by atoms with E-state index < -0.39 is 28.6 Å². The number of nitrogens with two attached hydrogens (primary N) is 1. The van der Waals surface area contributed by atoms with Crippen LogP contribution >= 0.6 is 11.6 Å². The Hall–Kier alpha value is -3.69. The van der Waals surface area contributed by atoms with Crippen molar-refractivity contribution < 1.29 is 14.3 Å². The van der Waals surface area contributed by atoms with Gasteiger partial charge in [-0.2, -0.15) is 5.10 Å². The lowest BCUT2D eigenvalue weighted by Crippen LogP contribution is -2.46. The van der Waals surface area contributed by atoms with Gasteiger partial charge in [0.25, 0.3) is 11.5 Å². The second-order valence-corrected chi connectivity index (χ2v) is 11.3. The smallest absolute Gasteiger partial charge is 0.407 e. The van der Waals surface area contributed by atoms with E-state index in [0.717, 1.165) is 11.1 Å². The Bertz CT molecular complexity index is 1390. The molecule has 0 atom stereocenters. The third-order valence-corrected chi connectivity index (χ3v) is 7.28. The van der Waals surface area contributed by atoms with Crippen molar-refractivity contribution in [3.05, 3.63) is 87.2 Å². The van der Waals surface area contributed by atoms with E-state index >= 15 is 0 Å². The first kappa shape index (κ1) is 28.3. The Morgan fingerprint density at radius 2 is 1.79 bits per heavy atom. The molecule has 0 radical (unpaired) electrons. The Morgan fingerprint density at radius 1 is 1.10 bits per heavy atom. The summed E-state index contributed by atoms with van der Waals surface area (Å²) in [6, 6.07) is 18.2. The van der Waals surface area contributed by atoms with Gasteiger partial charge < -0.3 is 10.1 Å². The van der Waals surface area contributed by atoms with Gasteiger partial charge in [0.05, 0.1) is 11.7 Å². The lowest BCUT2D eigenvalue weighted by atomic mass is 9.68. The lowest BCUT2D eigenvalue weighted by molar-refractivity contribution is 0.0504. The largest absolute Gasteiger partial charge is 0.444 e. The maximum Gasteiger partial charge on any atom is 0.407 e. The molecule has 39 heavy (non-hydrogen) atoms. The topological polar surface area (TPSA) is 128 Å². The molecule has 2 aromatic carbocycles. The number of hydrazine groups is 1. The van der Waals surface area contributed by atoms with Crippen molar-refractivity contribution in [3.8, 4) is 11.3 Å². The molecule has 4 N–H and O–H groups in total. The molecule has 9 nitrogen and oxygen atoms in total. The summed E-state index contributed by atoms with van der Waals surface area (Å²) in [5.74, 6) is 4.71. The third-order valence-electron chi connectivity index (χ3n) is 7.05. The molecule has 0 unspecified atom stereocenters. The fraction of sp³-hybridized carbons (Fsp3) is 0.379. The fourth-order valence-corrected chi connectivity index (χ4v) is 5.28. The SMILES string of the molecule is CC(C)(C)OC(=O)NC[C@]1(c2cccc(Cl)c2)CC[C@H](n2nc(-c3ccccc3)cc(C(=O)NN)c2=O)CC1. The molecule has 1 fully saturated rings. The normalized spacial score (nSPS) is 19.3. The van der Waals surface area contributed by atoms with Gasteiger partial charge in [-0.3, -0.25) is 15.0 Å². The molecule has 0 spiro atoms. The first-order valence-corrected chi connectivity index (χ1v) is 13.3. The number of carbonyl (C=O) groups is 2. The summed E-state index contributed by atoms with van der Waals surface area (Å²) >= 11 is 6.34. The molecule has 1 aliphatic rings. The van der Waals surface area contributed by atoms with E-state index in [9.17, 15) is 14.4 Å². The number of hydrogen-bond donors (Lipinski definition) is 3. The van der Waals surface area contributed by atoms with Gasteiger partial charge in [-0.05, 0) is 70.2 Å². The molecule has 2 amide bonds. The quantitative estimate of drug-likeness (QED) is 0.230. The Labute approximate surface area is 232 Å². The number of rotatable bonds is 6. The van der Waals surface area contributed by atoms with Gasteiger partial charge in [-0.1, -0.05) is 54.1 Å². The summed E-state index contributed by atoms with van der Waals surface area (Å²) in [6.45, 7) is 5.80. The number of benzene rings is 2. The monoisotopic (exact) mass is 551 g/mol. The number of amides is 2. The van der Waals surface area contributed by atoms with Crippen molar-refractivity contribution in [2.75, 3.05) is 6.54 Å². The van der Waals surface area contributed by atoms with Crippen LogP contribution in [0.15, 0.2) is 65.5 Å². The van der Waals surface area contributed by atoms with Crippen LogP contribution in [-0.4, -0.2) is 33.9 Å². The third kappa shape index (κ3) is 6.66. The van der Waals surface area contributed by atoms with E-state index in [1.807, 2.05) is 75.4 Å². The predicted molar refractivity (Wildman–Crippen MR) is 150 cm³/mol. The number of aromatic nitrogens is 2. The van der Waals surface area contributed by atoms with Crippen LogP contribution in [0.5, 0.6) is 0 Å². The maximum atomic E-state index is 13.4. The van der Waals surface area contributed by atoms with Crippen LogP contribution in [0.25, 0.3) is 11.3 Å². The number of carbonyl (C=O) groups excluding carboxylic acids is 2. The van der Waals surface area contributed by atoms with Crippen molar-refractivity contribution in [2.45, 2.75) is 63.5 Å². The molecule has 3 aromatic rings. The van der Waals surface area contributed by atoms with Crippen molar-refractivity contribution in [2.24, 2.45) is 5.84 Å². The van der Waals surface area contributed by atoms with E-state index in [2.05, 4.69) is 15.8 Å². The molecule has 0 aliphatic heterocycles. The highest BCUT2D eigenvalue weighted by Crippen LogP contribution is 2.43. The summed E-state index contributed by atoms with van der Waals surface area (Å²) in [6.07, 6.45) is 2.00. The van der Waals surface area contributed by atoms with E-state index in [-0.39, 0.29) is 11.6 Å². The number of nitrogens with zero attached hydrogens (tertiary/aromatic N) is 2. The van der Waals surface area contributed by atoms with Gasteiger partial charge in [0.1, 0.15) is 11.2 Å². The summed E-state index contributed by atoms with van der Waals surface area (Å²) in [5.41, 5.74) is 2.77. The van der Waals surface area contributed by atoms with Crippen LogP contribution in [0.4, 0.5) is 4.79 Å². The van der Waals surface area contributed by atoms with Gasteiger partial charge >= 0.3 is 6.09 Å². The van der Waals surface area contributed by atoms with Gasteiger partial charge in [0.15, 0.2) is 0 Å². The van der Waals surface area contributed by atoms with Crippen LogP contribution < -0.4 is 22.1 Å². The molecule has 206 valence electrons. The van der Waals surface area contributed by atoms with E-state index in [0.29, 0.717) is 42.9 Å². The van der Waals surface area contributed by atoms with Crippen molar-refractivity contribution >= 4 is 23.6 Å². The predicted octanol–water partition coefficient (Wildman–Crippen LogP) is 4.75. The van der Waals surface area contributed by atoms with Crippen LogP contribution in [0.3, 0.4) is 0 Å². The molecule has 1 saturated carbocycles. The minimum Gasteiger partial charge on any atom is -0.444 e. The molecule has 1 aromatic heterocycles. The molecule has 1 heterocycles. The van der Waals surface area contributed by atoms with Crippen LogP contribution in [-0.2, 0) is 10.2 Å². The fourth-order valence-electron chi connectivity index (χ4n) is 5.09. The zero-order valence-corrected chi connectivity index (χ0v) is 23.1. The van der Waals surface area contributed by atoms with Gasteiger partial charge in [-0.15, -0.1) is 0 Å². The molecular weight excluding hydrogens is 518 g/mol. The number of nitrogen functional groups attached to an aromatic ring is 1. The second-order valence-electron chi connectivity index (χ2n) is 10.9. The average molecular weight is 552 g/mol. The Morgan fingerprint density at radius 3 is 2.41 bits per heavy atom. The lowest BCUT2D eigenvalue weighted by Gasteiger charge is -2.41. The van der Waals surface area contributed by atoms with E-state index in [1.54, 1.807) is 0 Å². The maximum absolute atomic E-state index is 13.4. The van der Waals surface area contributed by atoms with Crippen LogP contribution in [0.1, 0.15) is 68.4 Å². The zero-order valence-electron chi connectivity index (χ0n) is 22.4. The molecule has 4 rings (SSSR count). The van der Waals surface area contributed by atoms with Crippen LogP contribution in [0.2, 0.25) is 5.02 Å². The number of halogens is 1. The summed E-state index contributed by atoms with van der Waals surface area (Å²) < 4.78 is 6.87. The van der Waals surface area contributed by atoms with E-state index in [4.69, 9.17) is 22.2 Å². The Balaban J connectivity index is 1.65.